The molecule has 0 heterocycles. The van der Waals surface area contributed by atoms with E-state index in [0.717, 1.165) is 19.6 Å². The highest BCUT2D eigenvalue weighted by atomic mass is 32.1. The molecule has 0 amide bonds. The first kappa shape index (κ1) is 18.0. The van der Waals surface area contributed by atoms with Crippen molar-refractivity contribution < 1.29 is 0 Å². The smallest absolute Gasteiger partial charge is 0.163 e. The van der Waals surface area contributed by atoms with Gasteiger partial charge in [0.05, 0.1) is 0 Å². The number of nitrogens with one attached hydrogen (secondary N) is 3. The summed E-state index contributed by atoms with van der Waals surface area (Å²) in [5, 5.41) is 9.58. The average molecular weight is 324 g/mol. The first-order chi connectivity index (χ1) is 8.91. The number of nitrogens with zero attached hydrogens (tertiary/aromatic N) is 1. The molecule has 0 radical (unpaired) electrons. The Morgan fingerprint density at radius 1 is 0.684 bits per heavy atom. The Morgan fingerprint density at radius 2 is 0.947 bits per heavy atom. The second-order valence-corrected chi connectivity index (χ2v) is 5.03. The molecule has 0 aliphatic carbocycles. The van der Waals surface area contributed by atoms with Crippen molar-refractivity contribution in [2.24, 2.45) is 17.2 Å². The van der Waals surface area contributed by atoms with E-state index >= 15 is 0 Å². The van der Waals surface area contributed by atoms with Gasteiger partial charge in [0, 0.05) is 39.3 Å². The number of hydrogen-bond acceptors (Lipinski definition) is 4. The largest absolute Gasteiger partial charge is 0.376 e. The maximum Gasteiger partial charge on any atom is 0.163 e. The summed E-state index contributed by atoms with van der Waals surface area (Å²) in [5.41, 5.74) is 16.1. The number of rotatable bonds is 9. The second kappa shape index (κ2) is 10.9. The molecule has 0 aromatic rings. The average Bonchev–Trinajstić information content (AvgIpc) is 2.26. The lowest BCUT2D eigenvalue weighted by Gasteiger charge is -2.23. The SMILES string of the molecule is NC(=S)NCCN(CCNC(N)=S)CCNC(N)=S. The van der Waals surface area contributed by atoms with Gasteiger partial charge in [-0.25, -0.2) is 0 Å². The van der Waals surface area contributed by atoms with E-state index in [0.29, 0.717) is 35.0 Å². The Hall–Kier alpha value is -0.970. The number of thiocarbonyl (C=S) groups is 3. The van der Waals surface area contributed by atoms with Gasteiger partial charge in [0.25, 0.3) is 0 Å². The minimum absolute atomic E-state index is 0.294. The molecular formula is C9H21N7S3. The molecule has 0 aromatic heterocycles. The summed E-state index contributed by atoms with van der Waals surface area (Å²) >= 11 is 14.2. The molecule has 0 bridgehead atoms. The predicted octanol–water partition coefficient (Wildman–Crippen LogP) is -2.21. The quantitative estimate of drug-likeness (QED) is 0.261. The minimum atomic E-state index is 0.294. The number of nitrogens with two attached hydrogens (primary N) is 3. The topological polar surface area (TPSA) is 117 Å². The summed E-state index contributed by atoms with van der Waals surface area (Å²) in [6, 6.07) is 0. The van der Waals surface area contributed by atoms with Crippen LogP contribution in [-0.2, 0) is 0 Å². The maximum atomic E-state index is 5.37. The normalized spacial score (nSPS) is 9.95. The summed E-state index contributed by atoms with van der Waals surface area (Å²) in [5.74, 6) is 0. The van der Waals surface area contributed by atoms with Gasteiger partial charge in [0.1, 0.15) is 0 Å². The molecule has 10 heteroatoms. The highest BCUT2D eigenvalue weighted by Gasteiger charge is 2.04. The van der Waals surface area contributed by atoms with Crippen LogP contribution in [0.2, 0.25) is 0 Å². The van der Waals surface area contributed by atoms with E-state index in [1.165, 1.54) is 0 Å². The van der Waals surface area contributed by atoms with Crippen LogP contribution < -0.4 is 33.2 Å². The van der Waals surface area contributed by atoms with Crippen LogP contribution in [0.1, 0.15) is 0 Å². The molecule has 0 aliphatic rings. The van der Waals surface area contributed by atoms with Crippen molar-refractivity contribution in [3.63, 3.8) is 0 Å². The Bertz CT molecular complexity index is 263. The van der Waals surface area contributed by atoms with E-state index in [-0.39, 0.29) is 0 Å². The highest BCUT2D eigenvalue weighted by Crippen LogP contribution is 1.86. The van der Waals surface area contributed by atoms with Crippen LogP contribution >= 0.6 is 36.7 Å². The minimum Gasteiger partial charge on any atom is -0.376 e. The van der Waals surface area contributed by atoms with Crippen molar-refractivity contribution in [3.05, 3.63) is 0 Å². The van der Waals surface area contributed by atoms with Crippen LogP contribution in [0.4, 0.5) is 0 Å². The summed E-state index contributed by atoms with van der Waals surface area (Å²) in [6.07, 6.45) is 0. The first-order valence-electron chi connectivity index (χ1n) is 5.74. The molecule has 0 aliphatic heterocycles. The Kier molecular flexibility index (Phi) is 10.4. The first-order valence-corrected chi connectivity index (χ1v) is 6.96. The molecule has 0 unspecified atom stereocenters. The van der Waals surface area contributed by atoms with Crippen LogP contribution in [0.5, 0.6) is 0 Å². The Morgan fingerprint density at radius 3 is 1.16 bits per heavy atom. The summed E-state index contributed by atoms with van der Waals surface area (Å²) < 4.78 is 0. The summed E-state index contributed by atoms with van der Waals surface area (Å²) in [6.45, 7) is 4.39. The van der Waals surface area contributed by atoms with Crippen LogP contribution in [0.3, 0.4) is 0 Å². The zero-order valence-electron chi connectivity index (χ0n) is 10.6. The summed E-state index contributed by atoms with van der Waals surface area (Å²) in [4.78, 5) is 2.18. The van der Waals surface area contributed by atoms with E-state index in [1.54, 1.807) is 0 Å². The fraction of sp³-hybridized carbons (Fsp3) is 0.667. The molecule has 0 fully saturated rings. The van der Waals surface area contributed by atoms with Crippen LogP contribution in [-0.4, -0.2) is 59.5 Å². The Balaban J connectivity index is 3.94. The lowest BCUT2D eigenvalue weighted by Crippen LogP contribution is -2.44. The van der Waals surface area contributed by atoms with Crippen molar-refractivity contribution in [2.45, 2.75) is 0 Å². The van der Waals surface area contributed by atoms with Crippen LogP contribution in [0.25, 0.3) is 0 Å². The van der Waals surface area contributed by atoms with Crippen molar-refractivity contribution in [3.8, 4) is 0 Å². The molecule has 0 spiro atoms. The van der Waals surface area contributed by atoms with Crippen molar-refractivity contribution in [2.75, 3.05) is 39.3 Å². The van der Waals surface area contributed by atoms with Gasteiger partial charge in [0.2, 0.25) is 0 Å². The zero-order valence-corrected chi connectivity index (χ0v) is 13.1. The van der Waals surface area contributed by atoms with Gasteiger partial charge in [-0.1, -0.05) is 0 Å². The van der Waals surface area contributed by atoms with Crippen LogP contribution in [0.15, 0.2) is 0 Å². The van der Waals surface area contributed by atoms with Gasteiger partial charge in [-0.2, -0.15) is 0 Å². The molecule has 110 valence electrons. The van der Waals surface area contributed by atoms with E-state index in [2.05, 4.69) is 20.9 Å². The third-order valence-electron chi connectivity index (χ3n) is 2.18. The van der Waals surface area contributed by atoms with Gasteiger partial charge < -0.3 is 33.2 Å². The van der Waals surface area contributed by atoms with Crippen molar-refractivity contribution in [1.82, 2.24) is 20.9 Å². The molecular weight excluding hydrogens is 302 g/mol. The van der Waals surface area contributed by atoms with E-state index in [1.807, 2.05) is 0 Å². The second-order valence-electron chi connectivity index (χ2n) is 3.71. The third kappa shape index (κ3) is 13.3. The van der Waals surface area contributed by atoms with E-state index in [9.17, 15) is 0 Å². The highest BCUT2D eigenvalue weighted by molar-refractivity contribution is 7.80. The lowest BCUT2D eigenvalue weighted by molar-refractivity contribution is 0.286. The van der Waals surface area contributed by atoms with Gasteiger partial charge in [0.15, 0.2) is 15.3 Å². The molecule has 0 aromatic carbocycles. The van der Waals surface area contributed by atoms with E-state index < -0.39 is 0 Å². The predicted molar refractivity (Wildman–Crippen MR) is 90.8 cm³/mol. The fourth-order valence-corrected chi connectivity index (χ4v) is 1.65. The molecule has 9 N–H and O–H groups in total. The number of hydrogen-bond donors (Lipinski definition) is 6. The molecule has 19 heavy (non-hydrogen) atoms. The van der Waals surface area contributed by atoms with Crippen molar-refractivity contribution >= 4 is 52.0 Å². The zero-order chi connectivity index (χ0) is 14.7. The monoisotopic (exact) mass is 323 g/mol. The molecule has 0 saturated carbocycles. The molecule has 0 atom stereocenters. The lowest BCUT2D eigenvalue weighted by atomic mass is 10.4. The molecule has 7 nitrogen and oxygen atoms in total. The van der Waals surface area contributed by atoms with E-state index in [4.69, 9.17) is 53.9 Å². The maximum absolute atomic E-state index is 5.37. The summed E-state index contributed by atoms with van der Waals surface area (Å²) in [7, 11) is 0. The fourth-order valence-electron chi connectivity index (χ4n) is 1.35. The van der Waals surface area contributed by atoms with Gasteiger partial charge in [-0.05, 0) is 36.7 Å². The van der Waals surface area contributed by atoms with Crippen LogP contribution in [0, 0.1) is 0 Å². The standard InChI is InChI=1S/C9H21N7S3/c10-7(17)13-1-4-16(5-2-14-8(11)18)6-3-15-9(12)19/h1-6H2,(H3,10,13,17)(H3,11,14,18)(H3,12,15,19). The van der Waals surface area contributed by atoms with Gasteiger partial charge in [-0.3, -0.25) is 4.90 Å². The molecule has 0 rings (SSSR count). The van der Waals surface area contributed by atoms with Crippen molar-refractivity contribution in [1.29, 1.82) is 0 Å². The van der Waals surface area contributed by atoms with Gasteiger partial charge >= 0.3 is 0 Å². The third-order valence-corrected chi connectivity index (χ3v) is 2.61. The van der Waals surface area contributed by atoms with Gasteiger partial charge in [-0.15, -0.1) is 0 Å². The molecule has 0 saturated heterocycles. The Labute approximate surface area is 129 Å².